The van der Waals surface area contributed by atoms with E-state index in [1.165, 1.54) is 0 Å². The second kappa shape index (κ2) is 3.23. The molecule has 0 aromatic rings. The van der Waals surface area contributed by atoms with Crippen molar-refractivity contribution in [3.8, 4) is 0 Å². The number of rotatable bonds is 1. The zero-order chi connectivity index (χ0) is 10.3. The number of nitrogens with zero attached hydrogens (tertiary/aromatic N) is 1. The Morgan fingerprint density at radius 1 is 1.15 bits per heavy atom. The minimum Gasteiger partial charge on any atom is -0.328 e. The Balaban J connectivity index is 2.88. The summed E-state index contributed by atoms with van der Waals surface area (Å²) in [5.74, 6) is 0. The summed E-state index contributed by atoms with van der Waals surface area (Å²) in [6, 6.07) is 0.288. The van der Waals surface area contributed by atoms with Gasteiger partial charge >= 0.3 is 0 Å². The van der Waals surface area contributed by atoms with Gasteiger partial charge < -0.3 is 10.6 Å². The van der Waals surface area contributed by atoms with Crippen molar-refractivity contribution in [2.75, 3.05) is 7.11 Å². The van der Waals surface area contributed by atoms with Crippen LogP contribution in [-0.4, -0.2) is 29.3 Å². The average molecular weight is 186 g/mol. The summed E-state index contributed by atoms with van der Waals surface area (Å²) in [7, 11) is 1.74. The average Bonchev–Trinajstić information content (AvgIpc) is 1.79. The zero-order valence-corrected chi connectivity index (χ0v) is 9.42. The molecular formula is C10H22N2O. The highest BCUT2D eigenvalue weighted by atomic mass is 16.7. The van der Waals surface area contributed by atoms with Crippen molar-refractivity contribution in [1.82, 2.24) is 5.06 Å². The molecule has 0 aromatic carbocycles. The molecule has 3 heteroatoms. The second-order valence-electron chi connectivity index (χ2n) is 5.27. The van der Waals surface area contributed by atoms with Gasteiger partial charge in [0.25, 0.3) is 0 Å². The predicted octanol–water partition coefficient (Wildman–Crippen LogP) is 1.53. The van der Waals surface area contributed by atoms with E-state index < -0.39 is 0 Å². The number of hydrogen-bond donors (Lipinski definition) is 1. The molecule has 0 radical (unpaired) electrons. The SMILES string of the molecule is CON1C(C)(C)CC(N)CC1(C)C. The fourth-order valence-electron chi connectivity index (χ4n) is 2.83. The van der Waals surface area contributed by atoms with E-state index in [0.29, 0.717) is 0 Å². The fraction of sp³-hybridized carbons (Fsp3) is 1.00. The Morgan fingerprint density at radius 3 is 1.85 bits per heavy atom. The molecule has 0 bridgehead atoms. The first kappa shape index (κ1) is 11.0. The predicted molar refractivity (Wildman–Crippen MR) is 54.2 cm³/mol. The second-order valence-corrected chi connectivity index (χ2v) is 5.27. The number of piperidine rings is 1. The first-order valence-corrected chi connectivity index (χ1v) is 4.89. The van der Waals surface area contributed by atoms with Crippen molar-refractivity contribution in [3.63, 3.8) is 0 Å². The summed E-state index contributed by atoms with van der Waals surface area (Å²) in [4.78, 5) is 5.45. The Morgan fingerprint density at radius 2 is 1.54 bits per heavy atom. The Labute approximate surface area is 81.2 Å². The van der Waals surface area contributed by atoms with Crippen LogP contribution in [0, 0.1) is 0 Å². The van der Waals surface area contributed by atoms with Crippen LogP contribution in [0.1, 0.15) is 40.5 Å². The van der Waals surface area contributed by atoms with E-state index in [0.717, 1.165) is 12.8 Å². The van der Waals surface area contributed by atoms with Gasteiger partial charge in [-0.25, -0.2) is 0 Å². The lowest BCUT2D eigenvalue weighted by Gasteiger charge is -2.52. The Hall–Kier alpha value is -0.120. The maximum absolute atomic E-state index is 6.02. The van der Waals surface area contributed by atoms with Crippen molar-refractivity contribution in [2.45, 2.75) is 57.7 Å². The van der Waals surface area contributed by atoms with Gasteiger partial charge in [0, 0.05) is 17.1 Å². The first-order chi connectivity index (χ1) is 5.79. The molecule has 1 aliphatic heterocycles. The van der Waals surface area contributed by atoms with E-state index >= 15 is 0 Å². The minimum absolute atomic E-state index is 0.0376. The van der Waals surface area contributed by atoms with Crippen molar-refractivity contribution in [2.24, 2.45) is 5.73 Å². The van der Waals surface area contributed by atoms with Crippen LogP contribution in [0.15, 0.2) is 0 Å². The van der Waals surface area contributed by atoms with Gasteiger partial charge in [-0.1, -0.05) is 0 Å². The van der Waals surface area contributed by atoms with E-state index in [-0.39, 0.29) is 17.1 Å². The van der Waals surface area contributed by atoms with E-state index in [9.17, 15) is 0 Å². The maximum atomic E-state index is 6.02. The van der Waals surface area contributed by atoms with Gasteiger partial charge in [0.2, 0.25) is 0 Å². The molecule has 2 N–H and O–H groups in total. The molecule has 3 nitrogen and oxygen atoms in total. The standard InChI is InChI=1S/C10H22N2O/c1-9(2)6-8(11)7-10(3,4)12(9)13-5/h8H,6-7,11H2,1-5H3. The smallest absolute Gasteiger partial charge is 0.0575 e. The Kier molecular flexibility index (Phi) is 2.72. The van der Waals surface area contributed by atoms with Gasteiger partial charge in [0.1, 0.15) is 0 Å². The molecule has 0 aliphatic carbocycles. The van der Waals surface area contributed by atoms with Crippen LogP contribution in [0.25, 0.3) is 0 Å². The largest absolute Gasteiger partial charge is 0.328 e. The number of hydrogen-bond acceptors (Lipinski definition) is 3. The van der Waals surface area contributed by atoms with Gasteiger partial charge in [0.15, 0.2) is 0 Å². The quantitative estimate of drug-likeness (QED) is 0.675. The summed E-state index contributed by atoms with van der Waals surface area (Å²) in [5.41, 5.74) is 6.10. The third-order valence-corrected chi connectivity index (χ3v) is 2.81. The van der Waals surface area contributed by atoms with Crippen LogP contribution in [0.3, 0.4) is 0 Å². The van der Waals surface area contributed by atoms with Crippen molar-refractivity contribution in [1.29, 1.82) is 0 Å². The van der Waals surface area contributed by atoms with Crippen LogP contribution in [0.4, 0.5) is 0 Å². The van der Waals surface area contributed by atoms with E-state index in [2.05, 4.69) is 32.8 Å². The molecular weight excluding hydrogens is 164 g/mol. The van der Waals surface area contributed by atoms with Crippen LogP contribution in [0.5, 0.6) is 0 Å². The molecule has 1 aliphatic rings. The highest BCUT2D eigenvalue weighted by Crippen LogP contribution is 2.37. The number of hydroxylamine groups is 2. The molecule has 13 heavy (non-hydrogen) atoms. The summed E-state index contributed by atoms with van der Waals surface area (Å²) >= 11 is 0. The zero-order valence-electron chi connectivity index (χ0n) is 9.42. The molecule has 0 spiro atoms. The third kappa shape index (κ3) is 2.03. The first-order valence-electron chi connectivity index (χ1n) is 4.89. The molecule has 1 heterocycles. The molecule has 1 fully saturated rings. The monoisotopic (exact) mass is 186 g/mol. The summed E-state index contributed by atoms with van der Waals surface area (Å²) in [6.07, 6.45) is 1.98. The maximum Gasteiger partial charge on any atom is 0.0575 e. The van der Waals surface area contributed by atoms with Gasteiger partial charge in [-0.2, -0.15) is 5.06 Å². The Bertz CT molecular complexity index is 171. The molecule has 0 unspecified atom stereocenters. The van der Waals surface area contributed by atoms with Crippen LogP contribution < -0.4 is 5.73 Å². The summed E-state index contributed by atoms with van der Waals surface area (Å²) in [6.45, 7) is 8.71. The van der Waals surface area contributed by atoms with Crippen molar-refractivity contribution in [3.05, 3.63) is 0 Å². The highest BCUT2D eigenvalue weighted by Gasteiger charge is 2.44. The van der Waals surface area contributed by atoms with Crippen LogP contribution >= 0.6 is 0 Å². The van der Waals surface area contributed by atoms with Crippen molar-refractivity contribution >= 4 is 0 Å². The normalized spacial score (nSPS) is 29.1. The molecule has 1 rings (SSSR count). The van der Waals surface area contributed by atoms with Gasteiger partial charge in [-0.15, -0.1) is 0 Å². The minimum atomic E-state index is 0.0376. The lowest BCUT2D eigenvalue weighted by Crippen LogP contribution is -2.62. The molecule has 0 atom stereocenters. The van der Waals surface area contributed by atoms with Crippen LogP contribution in [-0.2, 0) is 4.84 Å². The molecule has 1 saturated heterocycles. The number of nitrogens with two attached hydrogens (primary N) is 1. The van der Waals surface area contributed by atoms with Crippen molar-refractivity contribution < 1.29 is 4.84 Å². The summed E-state index contributed by atoms with van der Waals surface area (Å²) in [5, 5.41) is 2.07. The van der Waals surface area contributed by atoms with Gasteiger partial charge in [-0.3, -0.25) is 0 Å². The lowest BCUT2D eigenvalue weighted by atomic mass is 9.79. The molecule has 0 saturated carbocycles. The van der Waals surface area contributed by atoms with E-state index in [1.807, 2.05) is 0 Å². The lowest BCUT2D eigenvalue weighted by molar-refractivity contribution is -0.266. The third-order valence-electron chi connectivity index (χ3n) is 2.81. The summed E-state index contributed by atoms with van der Waals surface area (Å²) < 4.78 is 0. The molecule has 0 aromatic heterocycles. The fourth-order valence-corrected chi connectivity index (χ4v) is 2.83. The topological polar surface area (TPSA) is 38.5 Å². The van der Waals surface area contributed by atoms with E-state index in [1.54, 1.807) is 7.11 Å². The van der Waals surface area contributed by atoms with Gasteiger partial charge in [-0.05, 0) is 40.5 Å². The molecule has 78 valence electrons. The van der Waals surface area contributed by atoms with E-state index in [4.69, 9.17) is 10.6 Å². The van der Waals surface area contributed by atoms with Gasteiger partial charge in [0.05, 0.1) is 7.11 Å². The highest BCUT2D eigenvalue weighted by molar-refractivity contribution is 4.97. The van der Waals surface area contributed by atoms with Crippen LogP contribution in [0.2, 0.25) is 0 Å². The molecule has 0 amide bonds.